The van der Waals surface area contributed by atoms with E-state index in [1.807, 2.05) is 6.07 Å². The summed E-state index contributed by atoms with van der Waals surface area (Å²) >= 11 is 0. The van der Waals surface area contributed by atoms with Crippen molar-refractivity contribution in [2.75, 3.05) is 32.8 Å². The normalized spacial score (nSPS) is 23.8. The van der Waals surface area contributed by atoms with E-state index in [0.717, 1.165) is 31.4 Å². The van der Waals surface area contributed by atoms with E-state index in [-0.39, 0.29) is 0 Å². The van der Waals surface area contributed by atoms with E-state index >= 15 is 0 Å². The van der Waals surface area contributed by atoms with Crippen LogP contribution in [0.15, 0.2) is 24.3 Å². The van der Waals surface area contributed by atoms with E-state index in [1.165, 1.54) is 25.1 Å². The Kier molecular flexibility index (Phi) is 5.86. The first-order valence-corrected chi connectivity index (χ1v) is 7.84. The first kappa shape index (κ1) is 15.3. The molecule has 0 amide bonds. The van der Waals surface area contributed by atoms with Gasteiger partial charge in [0, 0.05) is 19.1 Å². The summed E-state index contributed by atoms with van der Waals surface area (Å²) in [5, 5.41) is 3.59. The van der Waals surface area contributed by atoms with Crippen LogP contribution in [0, 0.1) is 12.8 Å². The smallest absolute Gasteiger partial charge is 0.119 e. The van der Waals surface area contributed by atoms with Gasteiger partial charge in [-0.15, -0.1) is 0 Å². The molecule has 1 heterocycles. The molecule has 1 aliphatic heterocycles. The van der Waals surface area contributed by atoms with Crippen LogP contribution in [0.2, 0.25) is 0 Å². The minimum absolute atomic E-state index is 0.689. The highest BCUT2D eigenvalue weighted by Gasteiger charge is 2.24. The number of hydrogen-bond donors (Lipinski definition) is 1. The summed E-state index contributed by atoms with van der Waals surface area (Å²) in [5.74, 6) is 1.71. The van der Waals surface area contributed by atoms with Crippen LogP contribution >= 0.6 is 0 Å². The zero-order chi connectivity index (χ0) is 14.4. The number of aryl methyl sites for hydroxylation is 1. The third kappa shape index (κ3) is 4.50. The van der Waals surface area contributed by atoms with Crippen molar-refractivity contribution in [3.05, 3.63) is 29.8 Å². The van der Waals surface area contributed by atoms with Crippen molar-refractivity contribution in [1.82, 2.24) is 10.2 Å². The lowest BCUT2D eigenvalue weighted by molar-refractivity contribution is 0.128. The van der Waals surface area contributed by atoms with Crippen LogP contribution in [0.1, 0.15) is 25.8 Å². The standard InChI is InChI=1S/C17H28N2O/c1-4-18-17-8-9-19(13-15(17)3)10-11-20-16-7-5-6-14(2)12-16/h5-7,12,15,17-18H,4,8-11,13H2,1-3H3. The Morgan fingerprint density at radius 3 is 2.95 bits per heavy atom. The summed E-state index contributed by atoms with van der Waals surface area (Å²) < 4.78 is 5.84. The predicted octanol–water partition coefficient (Wildman–Crippen LogP) is 2.69. The number of hydrogen-bond acceptors (Lipinski definition) is 3. The molecule has 112 valence electrons. The van der Waals surface area contributed by atoms with E-state index in [0.29, 0.717) is 6.04 Å². The molecule has 1 aromatic carbocycles. The minimum Gasteiger partial charge on any atom is -0.492 e. The predicted molar refractivity (Wildman–Crippen MR) is 84.4 cm³/mol. The van der Waals surface area contributed by atoms with E-state index in [9.17, 15) is 0 Å². The molecular weight excluding hydrogens is 248 g/mol. The fourth-order valence-electron chi connectivity index (χ4n) is 3.00. The minimum atomic E-state index is 0.689. The highest BCUT2D eigenvalue weighted by atomic mass is 16.5. The fourth-order valence-corrected chi connectivity index (χ4v) is 3.00. The van der Waals surface area contributed by atoms with Crippen LogP contribution in [0.3, 0.4) is 0 Å². The number of benzene rings is 1. The van der Waals surface area contributed by atoms with Gasteiger partial charge in [0.05, 0.1) is 0 Å². The van der Waals surface area contributed by atoms with Crippen molar-refractivity contribution in [2.24, 2.45) is 5.92 Å². The lowest BCUT2D eigenvalue weighted by Gasteiger charge is -2.37. The summed E-state index contributed by atoms with van der Waals surface area (Å²) in [6, 6.07) is 8.97. The molecule has 3 nitrogen and oxygen atoms in total. The number of likely N-dealkylation sites (tertiary alicyclic amines) is 1. The van der Waals surface area contributed by atoms with E-state index in [1.54, 1.807) is 0 Å². The van der Waals surface area contributed by atoms with Gasteiger partial charge in [0.25, 0.3) is 0 Å². The summed E-state index contributed by atoms with van der Waals surface area (Å²) in [6.45, 7) is 11.9. The Morgan fingerprint density at radius 2 is 2.25 bits per heavy atom. The van der Waals surface area contributed by atoms with E-state index in [4.69, 9.17) is 4.74 Å². The van der Waals surface area contributed by atoms with Gasteiger partial charge in [-0.25, -0.2) is 0 Å². The van der Waals surface area contributed by atoms with Crippen molar-refractivity contribution in [3.63, 3.8) is 0 Å². The van der Waals surface area contributed by atoms with Crippen LogP contribution in [-0.2, 0) is 0 Å². The Hall–Kier alpha value is -1.06. The first-order valence-electron chi connectivity index (χ1n) is 7.84. The molecule has 2 rings (SSSR count). The first-order chi connectivity index (χ1) is 9.69. The maximum Gasteiger partial charge on any atom is 0.119 e. The van der Waals surface area contributed by atoms with E-state index < -0.39 is 0 Å². The van der Waals surface area contributed by atoms with Crippen molar-refractivity contribution in [1.29, 1.82) is 0 Å². The lowest BCUT2D eigenvalue weighted by atomic mass is 9.94. The van der Waals surface area contributed by atoms with Gasteiger partial charge in [-0.1, -0.05) is 26.0 Å². The average molecular weight is 276 g/mol. The monoisotopic (exact) mass is 276 g/mol. The molecule has 0 aromatic heterocycles. The Morgan fingerprint density at radius 1 is 1.40 bits per heavy atom. The Bertz CT molecular complexity index is 408. The molecule has 1 aliphatic rings. The van der Waals surface area contributed by atoms with Crippen molar-refractivity contribution >= 4 is 0 Å². The summed E-state index contributed by atoms with van der Waals surface area (Å²) in [5.41, 5.74) is 1.25. The Balaban J connectivity index is 1.70. The molecule has 0 aliphatic carbocycles. The molecule has 1 fully saturated rings. The molecule has 2 atom stereocenters. The molecule has 0 spiro atoms. The molecule has 20 heavy (non-hydrogen) atoms. The highest BCUT2D eigenvalue weighted by Crippen LogP contribution is 2.17. The summed E-state index contributed by atoms with van der Waals surface area (Å²) in [6.07, 6.45) is 1.25. The molecule has 0 bridgehead atoms. The third-order valence-corrected chi connectivity index (χ3v) is 4.12. The third-order valence-electron chi connectivity index (χ3n) is 4.12. The maximum atomic E-state index is 5.84. The van der Waals surface area contributed by atoms with Gasteiger partial charge in [-0.05, 0) is 50.0 Å². The molecular formula is C17H28N2O. The van der Waals surface area contributed by atoms with Gasteiger partial charge in [0.2, 0.25) is 0 Å². The molecule has 2 unspecified atom stereocenters. The van der Waals surface area contributed by atoms with Crippen LogP contribution in [-0.4, -0.2) is 43.7 Å². The number of nitrogens with one attached hydrogen (secondary N) is 1. The van der Waals surface area contributed by atoms with Gasteiger partial charge in [-0.2, -0.15) is 0 Å². The van der Waals surface area contributed by atoms with Gasteiger partial charge in [-0.3, -0.25) is 4.90 Å². The number of nitrogens with zero attached hydrogens (tertiary/aromatic N) is 1. The molecule has 0 saturated carbocycles. The fraction of sp³-hybridized carbons (Fsp3) is 0.647. The van der Waals surface area contributed by atoms with Crippen molar-refractivity contribution in [3.8, 4) is 5.75 Å². The van der Waals surface area contributed by atoms with Crippen LogP contribution < -0.4 is 10.1 Å². The summed E-state index contributed by atoms with van der Waals surface area (Å²) in [4.78, 5) is 2.52. The van der Waals surface area contributed by atoms with Gasteiger partial charge < -0.3 is 10.1 Å². The Labute approximate surface area is 123 Å². The number of rotatable bonds is 6. The zero-order valence-corrected chi connectivity index (χ0v) is 13.1. The number of piperidine rings is 1. The molecule has 1 aromatic rings. The second-order valence-electron chi connectivity index (χ2n) is 5.90. The molecule has 1 N–H and O–H groups in total. The second-order valence-corrected chi connectivity index (χ2v) is 5.90. The van der Waals surface area contributed by atoms with Crippen LogP contribution in [0.4, 0.5) is 0 Å². The van der Waals surface area contributed by atoms with Crippen molar-refractivity contribution in [2.45, 2.75) is 33.2 Å². The van der Waals surface area contributed by atoms with E-state index in [2.05, 4.69) is 49.2 Å². The topological polar surface area (TPSA) is 24.5 Å². The lowest BCUT2D eigenvalue weighted by Crippen LogP contribution is -2.49. The van der Waals surface area contributed by atoms with Gasteiger partial charge in [0.1, 0.15) is 12.4 Å². The van der Waals surface area contributed by atoms with Crippen molar-refractivity contribution < 1.29 is 4.74 Å². The highest BCUT2D eigenvalue weighted by molar-refractivity contribution is 5.27. The maximum absolute atomic E-state index is 5.84. The SMILES string of the molecule is CCNC1CCN(CCOc2cccc(C)c2)CC1C. The number of ether oxygens (including phenoxy) is 1. The van der Waals surface area contributed by atoms with Gasteiger partial charge in [0.15, 0.2) is 0 Å². The van der Waals surface area contributed by atoms with Gasteiger partial charge >= 0.3 is 0 Å². The largest absolute Gasteiger partial charge is 0.492 e. The molecule has 3 heteroatoms. The zero-order valence-electron chi connectivity index (χ0n) is 13.1. The van der Waals surface area contributed by atoms with Crippen LogP contribution in [0.25, 0.3) is 0 Å². The van der Waals surface area contributed by atoms with Crippen LogP contribution in [0.5, 0.6) is 5.75 Å². The molecule has 0 radical (unpaired) electrons. The second kappa shape index (κ2) is 7.65. The quantitative estimate of drug-likeness (QED) is 0.864. The summed E-state index contributed by atoms with van der Waals surface area (Å²) in [7, 11) is 0. The molecule has 1 saturated heterocycles. The average Bonchev–Trinajstić information content (AvgIpc) is 2.42.